The standard InChI is InChI=1S/C18H18N2O2/c1-13-5-7-14(8-6-13)9-10-17(21)20-12-15-3-2-4-16(11-15)18(19)22/h2-11H,12H2,1H3,(H2,19,22)(H,20,21)/b10-9+. The number of rotatable bonds is 5. The number of nitrogens with two attached hydrogens (primary N) is 1. The van der Waals surface area contributed by atoms with E-state index in [1.54, 1.807) is 24.3 Å². The summed E-state index contributed by atoms with van der Waals surface area (Å²) in [6.45, 7) is 2.36. The van der Waals surface area contributed by atoms with Crippen LogP contribution in [0.1, 0.15) is 27.0 Å². The van der Waals surface area contributed by atoms with E-state index in [0.717, 1.165) is 11.1 Å². The molecule has 0 spiro atoms. The molecule has 2 rings (SSSR count). The highest BCUT2D eigenvalue weighted by Crippen LogP contribution is 2.06. The lowest BCUT2D eigenvalue weighted by atomic mass is 10.1. The second kappa shape index (κ2) is 7.22. The first-order chi connectivity index (χ1) is 10.5. The van der Waals surface area contributed by atoms with Crippen molar-refractivity contribution in [3.05, 3.63) is 76.9 Å². The minimum absolute atomic E-state index is 0.190. The minimum Gasteiger partial charge on any atom is -0.366 e. The number of amides is 2. The van der Waals surface area contributed by atoms with E-state index in [1.165, 1.54) is 11.6 Å². The predicted octanol–water partition coefficient (Wildman–Crippen LogP) is 2.42. The molecule has 4 heteroatoms. The Morgan fingerprint density at radius 3 is 2.55 bits per heavy atom. The lowest BCUT2D eigenvalue weighted by molar-refractivity contribution is -0.116. The van der Waals surface area contributed by atoms with Crippen molar-refractivity contribution in [1.82, 2.24) is 5.32 Å². The van der Waals surface area contributed by atoms with Crippen LogP contribution in [-0.2, 0) is 11.3 Å². The molecule has 0 saturated heterocycles. The molecular weight excluding hydrogens is 276 g/mol. The molecule has 4 nitrogen and oxygen atoms in total. The van der Waals surface area contributed by atoms with Crippen LogP contribution < -0.4 is 11.1 Å². The highest BCUT2D eigenvalue weighted by Gasteiger charge is 2.02. The monoisotopic (exact) mass is 294 g/mol. The number of hydrogen-bond acceptors (Lipinski definition) is 2. The van der Waals surface area contributed by atoms with Gasteiger partial charge in [0.1, 0.15) is 0 Å². The summed E-state index contributed by atoms with van der Waals surface area (Å²) < 4.78 is 0. The molecule has 2 amide bonds. The molecule has 0 aliphatic heterocycles. The maximum atomic E-state index is 11.8. The van der Waals surface area contributed by atoms with E-state index in [9.17, 15) is 9.59 Å². The molecule has 0 aliphatic rings. The molecule has 0 fully saturated rings. The molecule has 2 aromatic rings. The van der Waals surface area contributed by atoms with Gasteiger partial charge in [0.15, 0.2) is 0 Å². The Hall–Kier alpha value is -2.88. The Balaban J connectivity index is 1.91. The summed E-state index contributed by atoms with van der Waals surface area (Å²) in [5, 5.41) is 2.77. The summed E-state index contributed by atoms with van der Waals surface area (Å²) in [7, 11) is 0. The van der Waals surface area contributed by atoms with Gasteiger partial charge in [-0.15, -0.1) is 0 Å². The van der Waals surface area contributed by atoms with Gasteiger partial charge < -0.3 is 11.1 Å². The van der Waals surface area contributed by atoms with E-state index >= 15 is 0 Å². The maximum absolute atomic E-state index is 11.8. The van der Waals surface area contributed by atoms with Gasteiger partial charge >= 0.3 is 0 Å². The summed E-state index contributed by atoms with van der Waals surface area (Å²) in [5.74, 6) is -0.669. The summed E-state index contributed by atoms with van der Waals surface area (Å²) in [5.41, 5.74) is 8.63. The topological polar surface area (TPSA) is 72.2 Å². The molecule has 0 atom stereocenters. The van der Waals surface area contributed by atoms with Crippen LogP contribution in [0.3, 0.4) is 0 Å². The highest BCUT2D eigenvalue weighted by atomic mass is 16.1. The average molecular weight is 294 g/mol. The van der Waals surface area contributed by atoms with Gasteiger partial charge in [-0.05, 0) is 36.3 Å². The third-order valence-corrected chi connectivity index (χ3v) is 3.18. The molecule has 0 bridgehead atoms. The lowest BCUT2D eigenvalue weighted by Crippen LogP contribution is -2.20. The van der Waals surface area contributed by atoms with Gasteiger partial charge in [-0.25, -0.2) is 0 Å². The van der Waals surface area contributed by atoms with Crippen molar-refractivity contribution in [2.45, 2.75) is 13.5 Å². The van der Waals surface area contributed by atoms with Crippen LogP contribution >= 0.6 is 0 Å². The van der Waals surface area contributed by atoms with Gasteiger partial charge in [-0.2, -0.15) is 0 Å². The zero-order chi connectivity index (χ0) is 15.9. The van der Waals surface area contributed by atoms with Crippen LogP contribution in [0.15, 0.2) is 54.6 Å². The minimum atomic E-state index is -0.479. The molecule has 0 saturated carbocycles. The predicted molar refractivity (Wildman–Crippen MR) is 87.0 cm³/mol. The number of carbonyl (C=O) groups is 2. The van der Waals surface area contributed by atoms with E-state index in [-0.39, 0.29) is 5.91 Å². The Bertz CT molecular complexity index is 703. The first-order valence-corrected chi connectivity index (χ1v) is 6.96. The summed E-state index contributed by atoms with van der Waals surface area (Å²) >= 11 is 0. The smallest absolute Gasteiger partial charge is 0.248 e. The van der Waals surface area contributed by atoms with Crippen LogP contribution in [0, 0.1) is 6.92 Å². The van der Waals surface area contributed by atoms with Crippen LogP contribution in [0.4, 0.5) is 0 Å². The van der Waals surface area contributed by atoms with Gasteiger partial charge in [0.2, 0.25) is 11.8 Å². The Labute approximate surface area is 129 Å². The number of hydrogen-bond donors (Lipinski definition) is 2. The molecule has 3 N–H and O–H groups in total. The number of primary amides is 1. The van der Waals surface area contributed by atoms with Crippen LogP contribution in [-0.4, -0.2) is 11.8 Å². The molecule has 112 valence electrons. The second-order valence-electron chi connectivity index (χ2n) is 5.03. The molecule has 0 aliphatic carbocycles. The molecule has 2 aromatic carbocycles. The Morgan fingerprint density at radius 1 is 1.14 bits per heavy atom. The van der Waals surface area contributed by atoms with Crippen LogP contribution in [0.2, 0.25) is 0 Å². The van der Waals surface area contributed by atoms with Crippen LogP contribution in [0.5, 0.6) is 0 Å². The van der Waals surface area contributed by atoms with Crippen LogP contribution in [0.25, 0.3) is 6.08 Å². The first kappa shape index (κ1) is 15.5. The Morgan fingerprint density at radius 2 is 1.86 bits per heavy atom. The molecule has 0 unspecified atom stereocenters. The van der Waals surface area contributed by atoms with E-state index < -0.39 is 5.91 Å². The number of carbonyl (C=O) groups excluding carboxylic acids is 2. The van der Waals surface area contributed by atoms with Crippen molar-refractivity contribution < 1.29 is 9.59 Å². The fraction of sp³-hybridized carbons (Fsp3) is 0.111. The average Bonchev–Trinajstić information content (AvgIpc) is 2.52. The molecule has 0 heterocycles. The fourth-order valence-electron chi connectivity index (χ4n) is 1.93. The summed E-state index contributed by atoms with van der Waals surface area (Å²) in [6.07, 6.45) is 3.25. The maximum Gasteiger partial charge on any atom is 0.248 e. The SMILES string of the molecule is Cc1ccc(/C=C/C(=O)NCc2cccc(C(N)=O)c2)cc1. The summed E-state index contributed by atoms with van der Waals surface area (Å²) in [6, 6.07) is 14.8. The van der Waals surface area contributed by atoms with Crippen molar-refractivity contribution >= 4 is 17.9 Å². The third kappa shape index (κ3) is 4.59. The van der Waals surface area contributed by atoms with Gasteiger partial charge in [-0.3, -0.25) is 9.59 Å². The quantitative estimate of drug-likeness (QED) is 0.831. The van der Waals surface area contributed by atoms with Crippen molar-refractivity contribution in [3.8, 4) is 0 Å². The van der Waals surface area contributed by atoms with Crippen molar-refractivity contribution in [2.75, 3.05) is 0 Å². The number of benzene rings is 2. The Kier molecular flexibility index (Phi) is 5.09. The van der Waals surface area contributed by atoms with Gasteiger partial charge in [-0.1, -0.05) is 42.0 Å². The fourth-order valence-corrected chi connectivity index (χ4v) is 1.93. The normalized spacial score (nSPS) is 10.6. The largest absolute Gasteiger partial charge is 0.366 e. The molecule has 0 aromatic heterocycles. The molecule has 22 heavy (non-hydrogen) atoms. The van der Waals surface area contributed by atoms with Crippen molar-refractivity contribution in [3.63, 3.8) is 0 Å². The van der Waals surface area contributed by atoms with E-state index in [4.69, 9.17) is 5.73 Å². The number of aryl methyl sites for hydroxylation is 1. The van der Waals surface area contributed by atoms with Gasteiger partial charge in [0, 0.05) is 18.2 Å². The number of nitrogens with one attached hydrogen (secondary N) is 1. The van der Waals surface area contributed by atoms with Crippen molar-refractivity contribution in [2.24, 2.45) is 5.73 Å². The van der Waals surface area contributed by atoms with E-state index in [0.29, 0.717) is 12.1 Å². The first-order valence-electron chi connectivity index (χ1n) is 6.96. The second-order valence-corrected chi connectivity index (χ2v) is 5.03. The van der Waals surface area contributed by atoms with Gasteiger partial charge in [0.25, 0.3) is 0 Å². The highest BCUT2D eigenvalue weighted by molar-refractivity contribution is 5.93. The zero-order valence-corrected chi connectivity index (χ0v) is 12.4. The van der Waals surface area contributed by atoms with Gasteiger partial charge in [0.05, 0.1) is 0 Å². The third-order valence-electron chi connectivity index (χ3n) is 3.18. The zero-order valence-electron chi connectivity index (χ0n) is 12.4. The molecular formula is C18H18N2O2. The summed E-state index contributed by atoms with van der Waals surface area (Å²) in [4.78, 5) is 22.9. The molecule has 0 radical (unpaired) electrons. The lowest BCUT2D eigenvalue weighted by Gasteiger charge is -2.04. The van der Waals surface area contributed by atoms with E-state index in [1.807, 2.05) is 37.3 Å². The van der Waals surface area contributed by atoms with Crippen molar-refractivity contribution in [1.29, 1.82) is 0 Å². The van der Waals surface area contributed by atoms with E-state index in [2.05, 4.69) is 5.32 Å².